The van der Waals surface area contributed by atoms with E-state index in [9.17, 15) is 13.6 Å². The molecular weight excluding hydrogens is 428 g/mol. The van der Waals surface area contributed by atoms with Crippen LogP contribution in [0.4, 0.5) is 8.78 Å². The van der Waals surface area contributed by atoms with Gasteiger partial charge in [-0.05, 0) is 48.0 Å². The summed E-state index contributed by atoms with van der Waals surface area (Å²) in [5.41, 5.74) is 4.46. The molecule has 0 atom stereocenters. The Balaban J connectivity index is 1.84. The molecule has 1 aromatic heterocycles. The number of nitrogens with one attached hydrogen (secondary N) is 1. The molecule has 0 fully saturated rings. The summed E-state index contributed by atoms with van der Waals surface area (Å²) in [6, 6.07) is 18.0. The summed E-state index contributed by atoms with van der Waals surface area (Å²) in [6.07, 6.45) is 0. The zero-order valence-electron chi connectivity index (χ0n) is 14.5. The molecule has 1 heterocycles. The van der Waals surface area contributed by atoms with Gasteiger partial charge in [-0.25, -0.2) is 18.4 Å². The number of rotatable bonds is 4. The molecule has 28 heavy (non-hydrogen) atoms. The number of halogens is 3. The van der Waals surface area contributed by atoms with Crippen molar-refractivity contribution in [1.29, 1.82) is 0 Å². The minimum absolute atomic E-state index is 0.208. The van der Waals surface area contributed by atoms with Gasteiger partial charge in [0.2, 0.25) is 0 Å². The van der Waals surface area contributed by atoms with Gasteiger partial charge < -0.3 is 5.43 Å². The number of para-hydroxylation sites is 1. The standard InChI is InChI=1S/C21H14BrF2N3O/c22-15-8-5-13(6-9-15)12-25-27-20(14-7-10-17(23)18(24)11-14)26-19-4-2-1-3-16(19)21(27)28/h1-11,25H,12H2. The second-order valence-corrected chi connectivity index (χ2v) is 7.10. The Labute approximate surface area is 167 Å². The van der Waals surface area contributed by atoms with E-state index in [0.29, 0.717) is 23.0 Å². The number of aromatic nitrogens is 2. The molecule has 0 amide bonds. The first-order valence-electron chi connectivity index (χ1n) is 8.48. The summed E-state index contributed by atoms with van der Waals surface area (Å²) in [6.45, 7) is 0.351. The first-order valence-corrected chi connectivity index (χ1v) is 9.28. The lowest BCUT2D eigenvalue weighted by atomic mass is 10.1. The molecule has 0 bridgehead atoms. The van der Waals surface area contributed by atoms with Gasteiger partial charge in [0, 0.05) is 10.0 Å². The normalized spacial score (nSPS) is 11.0. The van der Waals surface area contributed by atoms with Crippen LogP contribution < -0.4 is 11.0 Å². The smallest absolute Gasteiger partial charge is 0.280 e. The first kappa shape index (κ1) is 18.3. The predicted octanol–water partition coefficient (Wildman–Crippen LogP) is 4.85. The van der Waals surface area contributed by atoms with Gasteiger partial charge in [-0.1, -0.05) is 40.2 Å². The van der Waals surface area contributed by atoms with E-state index in [1.807, 2.05) is 24.3 Å². The fourth-order valence-corrected chi connectivity index (χ4v) is 3.15. The second kappa shape index (κ2) is 7.52. The van der Waals surface area contributed by atoms with Crippen molar-refractivity contribution in [2.45, 2.75) is 6.54 Å². The Morgan fingerprint density at radius 3 is 2.46 bits per heavy atom. The lowest BCUT2D eigenvalue weighted by Crippen LogP contribution is -2.31. The van der Waals surface area contributed by atoms with E-state index in [4.69, 9.17) is 0 Å². The lowest BCUT2D eigenvalue weighted by Gasteiger charge is -2.16. The van der Waals surface area contributed by atoms with Gasteiger partial charge in [0.05, 0.1) is 17.4 Å². The highest BCUT2D eigenvalue weighted by Gasteiger charge is 2.14. The maximum absolute atomic E-state index is 13.8. The Bertz CT molecular complexity index is 1220. The molecule has 4 rings (SSSR count). The first-order chi connectivity index (χ1) is 13.5. The summed E-state index contributed by atoms with van der Waals surface area (Å²) in [7, 11) is 0. The topological polar surface area (TPSA) is 46.9 Å². The molecule has 7 heteroatoms. The van der Waals surface area contributed by atoms with Crippen molar-refractivity contribution in [2.75, 3.05) is 5.43 Å². The summed E-state index contributed by atoms with van der Waals surface area (Å²) in [4.78, 5) is 17.5. The van der Waals surface area contributed by atoms with E-state index < -0.39 is 11.6 Å². The van der Waals surface area contributed by atoms with Crippen LogP contribution in [0.1, 0.15) is 5.56 Å². The number of fused-ring (bicyclic) bond motifs is 1. The third-order valence-electron chi connectivity index (χ3n) is 4.31. The lowest BCUT2D eigenvalue weighted by molar-refractivity contribution is 0.509. The zero-order valence-corrected chi connectivity index (χ0v) is 16.1. The van der Waals surface area contributed by atoms with Crippen molar-refractivity contribution in [3.63, 3.8) is 0 Å². The predicted molar refractivity (Wildman–Crippen MR) is 109 cm³/mol. The Morgan fingerprint density at radius 1 is 0.964 bits per heavy atom. The van der Waals surface area contributed by atoms with Crippen molar-refractivity contribution >= 4 is 26.8 Å². The summed E-state index contributed by atoms with van der Waals surface area (Å²) in [5, 5.41) is 0.428. The SMILES string of the molecule is O=c1c2ccccc2nc(-c2ccc(F)c(F)c2)n1NCc1ccc(Br)cc1. The van der Waals surface area contributed by atoms with Crippen LogP contribution in [0, 0.1) is 11.6 Å². The molecular formula is C21H14BrF2N3O. The van der Waals surface area contributed by atoms with Crippen LogP contribution in [0.3, 0.4) is 0 Å². The van der Waals surface area contributed by atoms with Gasteiger partial charge in [-0.2, -0.15) is 0 Å². The average molecular weight is 442 g/mol. The number of hydrogen-bond donors (Lipinski definition) is 1. The molecule has 1 N–H and O–H groups in total. The molecule has 0 saturated carbocycles. The van der Waals surface area contributed by atoms with Crippen LogP contribution in [0.2, 0.25) is 0 Å². The molecule has 0 unspecified atom stereocenters. The maximum Gasteiger partial charge on any atom is 0.280 e. The molecule has 4 nitrogen and oxygen atoms in total. The minimum Gasteiger partial charge on any atom is -0.317 e. The molecule has 0 saturated heterocycles. The molecule has 0 aliphatic rings. The zero-order chi connectivity index (χ0) is 19.7. The van der Waals surface area contributed by atoms with Gasteiger partial charge in [0.1, 0.15) is 0 Å². The van der Waals surface area contributed by atoms with Gasteiger partial charge in [0.25, 0.3) is 5.56 Å². The van der Waals surface area contributed by atoms with E-state index >= 15 is 0 Å². The number of nitrogens with zero attached hydrogens (tertiary/aromatic N) is 2. The van der Waals surface area contributed by atoms with Gasteiger partial charge in [0.15, 0.2) is 17.5 Å². The van der Waals surface area contributed by atoms with E-state index in [-0.39, 0.29) is 11.4 Å². The van der Waals surface area contributed by atoms with Crippen LogP contribution in [0.25, 0.3) is 22.3 Å². The fraction of sp³-hybridized carbons (Fsp3) is 0.0476. The van der Waals surface area contributed by atoms with E-state index in [2.05, 4.69) is 26.3 Å². The van der Waals surface area contributed by atoms with Crippen molar-refractivity contribution in [1.82, 2.24) is 9.66 Å². The molecule has 4 aromatic rings. The van der Waals surface area contributed by atoms with E-state index in [1.54, 1.807) is 24.3 Å². The van der Waals surface area contributed by atoms with E-state index in [0.717, 1.165) is 22.2 Å². The molecule has 0 aliphatic carbocycles. The third-order valence-corrected chi connectivity index (χ3v) is 4.84. The Hall–Kier alpha value is -3.06. The van der Waals surface area contributed by atoms with Crippen LogP contribution >= 0.6 is 15.9 Å². The van der Waals surface area contributed by atoms with Crippen molar-refractivity contribution < 1.29 is 8.78 Å². The molecule has 140 valence electrons. The average Bonchev–Trinajstić information content (AvgIpc) is 2.70. The summed E-state index contributed by atoms with van der Waals surface area (Å²) >= 11 is 3.38. The van der Waals surface area contributed by atoms with Crippen LogP contribution in [0.15, 0.2) is 76.0 Å². The third kappa shape index (κ3) is 3.53. The van der Waals surface area contributed by atoms with E-state index in [1.165, 1.54) is 10.7 Å². The number of hydrogen-bond acceptors (Lipinski definition) is 3. The van der Waals surface area contributed by atoms with Gasteiger partial charge in [-0.15, -0.1) is 0 Å². The largest absolute Gasteiger partial charge is 0.317 e. The van der Waals surface area contributed by atoms with Gasteiger partial charge in [-0.3, -0.25) is 4.79 Å². The molecule has 0 radical (unpaired) electrons. The molecule has 0 spiro atoms. The van der Waals surface area contributed by atoms with Crippen molar-refractivity contribution in [3.8, 4) is 11.4 Å². The van der Waals surface area contributed by atoms with Crippen LogP contribution in [0.5, 0.6) is 0 Å². The monoisotopic (exact) mass is 441 g/mol. The number of benzene rings is 3. The highest BCUT2D eigenvalue weighted by atomic mass is 79.9. The fourth-order valence-electron chi connectivity index (χ4n) is 2.88. The molecule has 3 aromatic carbocycles. The van der Waals surface area contributed by atoms with Crippen LogP contribution in [-0.2, 0) is 6.54 Å². The minimum atomic E-state index is -1.00. The summed E-state index contributed by atoms with van der Waals surface area (Å²) < 4.78 is 29.4. The highest BCUT2D eigenvalue weighted by molar-refractivity contribution is 9.10. The van der Waals surface area contributed by atoms with Crippen molar-refractivity contribution in [3.05, 3.63) is 98.8 Å². The Morgan fingerprint density at radius 2 is 1.71 bits per heavy atom. The second-order valence-electron chi connectivity index (χ2n) is 6.18. The quantitative estimate of drug-likeness (QED) is 0.492. The molecule has 0 aliphatic heterocycles. The Kier molecular flexibility index (Phi) is 4.92. The van der Waals surface area contributed by atoms with Crippen molar-refractivity contribution in [2.24, 2.45) is 0 Å². The maximum atomic E-state index is 13.8. The van der Waals surface area contributed by atoms with Crippen LogP contribution in [-0.4, -0.2) is 9.66 Å². The van der Waals surface area contributed by atoms with Gasteiger partial charge >= 0.3 is 0 Å². The highest BCUT2D eigenvalue weighted by Crippen LogP contribution is 2.21. The summed E-state index contributed by atoms with van der Waals surface area (Å²) in [5.74, 6) is -1.75.